The lowest BCUT2D eigenvalue weighted by Crippen LogP contribution is -2.31. The molecule has 3 nitrogen and oxygen atoms in total. The number of carboxylic acid groups (broad SMARTS) is 1. The second-order valence-electron chi connectivity index (χ2n) is 4.02. The van der Waals surface area contributed by atoms with E-state index in [1.165, 1.54) is 0 Å². The molecular formula is C10H18O3. The van der Waals surface area contributed by atoms with E-state index in [0.717, 1.165) is 25.7 Å². The van der Waals surface area contributed by atoms with Crippen LogP contribution >= 0.6 is 0 Å². The quantitative estimate of drug-likeness (QED) is 0.702. The Morgan fingerprint density at radius 3 is 2.62 bits per heavy atom. The van der Waals surface area contributed by atoms with Crippen LogP contribution in [-0.2, 0) is 4.79 Å². The minimum atomic E-state index is -0.731. The molecular weight excluding hydrogens is 168 g/mol. The molecule has 1 rings (SSSR count). The highest BCUT2D eigenvalue weighted by Gasteiger charge is 2.32. The molecule has 0 aromatic carbocycles. The zero-order valence-corrected chi connectivity index (χ0v) is 8.07. The fourth-order valence-corrected chi connectivity index (χ4v) is 2.30. The Morgan fingerprint density at radius 2 is 2.08 bits per heavy atom. The van der Waals surface area contributed by atoms with Crippen molar-refractivity contribution in [2.45, 2.75) is 32.6 Å². The SMILES string of the molecule is CC(C(=O)O)C1CCCCC1CO. The number of hydrogen-bond donors (Lipinski definition) is 2. The minimum absolute atomic E-state index is 0.141. The van der Waals surface area contributed by atoms with E-state index in [2.05, 4.69) is 0 Å². The molecule has 0 bridgehead atoms. The molecule has 0 aromatic heterocycles. The Balaban J connectivity index is 2.58. The Hall–Kier alpha value is -0.570. The predicted molar refractivity (Wildman–Crippen MR) is 49.3 cm³/mol. The fraction of sp³-hybridized carbons (Fsp3) is 0.900. The summed E-state index contributed by atoms with van der Waals surface area (Å²) >= 11 is 0. The maximum absolute atomic E-state index is 10.8. The van der Waals surface area contributed by atoms with Crippen LogP contribution in [0, 0.1) is 17.8 Å². The lowest BCUT2D eigenvalue weighted by Gasteiger charge is -2.32. The predicted octanol–water partition coefficient (Wildman–Crippen LogP) is 1.51. The highest BCUT2D eigenvalue weighted by Crippen LogP contribution is 2.34. The van der Waals surface area contributed by atoms with Gasteiger partial charge in [-0.3, -0.25) is 4.79 Å². The molecule has 3 atom stereocenters. The summed E-state index contributed by atoms with van der Waals surface area (Å²) in [5.74, 6) is -0.654. The molecule has 0 amide bonds. The van der Waals surface area contributed by atoms with Gasteiger partial charge in [0.25, 0.3) is 0 Å². The summed E-state index contributed by atoms with van der Waals surface area (Å²) in [5.41, 5.74) is 0. The maximum atomic E-state index is 10.8. The van der Waals surface area contributed by atoms with Crippen LogP contribution in [0.5, 0.6) is 0 Å². The van der Waals surface area contributed by atoms with E-state index in [0.29, 0.717) is 0 Å². The molecule has 0 spiro atoms. The Kier molecular flexibility index (Phi) is 3.72. The summed E-state index contributed by atoms with van der Waals surface area (Å²) in [5, 5.41) is 18.0. The molecule has 1 fully saturated rings. The van der Waals surface area contributed by atoms with Crippen molar-refractivity contribution >= 4 is 5.97 Å². The Labute approximate surface area is 78.8 Å². The first-order valence-electron chi connectivity index (χ1n) is 5.00. The molecule has 0 radical (unpaired) electrons. The van der Waals surface area contributed by atoms with Gasteiger partial charge in [-0.1, -0.05) is 19.8 Å². The van der Waals surface area contributed by atoms with Gasteiger partial charge in [-0.05, 0) is 24.7 Å². The number of carbonyl (C=O) groups is 1. The topological polar surface area (TPSA) is 57.5 Å². The molecule has 1 aliphatic rings. The van der Waals surface area contributed by atoms with Crippen molar-refractivity contribution in [1.29, 1.82) is 0 Å². The van der Waals surface area contributed by atoms with Gasteiger partial charge in [-0.2, -0.15) is 0 Å². The van der Waals surface area contributed by atoms with Crippen molar-refractivity contribution in [3.05, 3.63) is 0 Å². The van der Waals surface area contributed by atoms with Crippen LogP contribution < -0.4 is 0 Å². The molecule has 0 aliphatic heterocycles. The molecule has 0 aromatic rings. The molecule has 3 heteroatoms. The Morgan fingerprint density at radius 1 is 1.46 bits per heavy atom. The third-order valence-corrected chi connectivity index (χ3v) is 3.23. The van der Waals surface area contributed by atoms with Gasteiger partial charge >= 0.3 is 5.97 Å². The molecule has 0 heterocycles. The van der Waals surface area contributed by atoms with Crippen molar-refractivity contribution in [2.75, 3.05) is 6.61 Å². The zero-order chi connectivity index (χ0) is 9.84. The van der Waals surface area contributed by atoms with E-state index < -0.39 is 5.97 Å². The van der Waals surface area contributed by atoms with Gasteiger partial charge < -0.3 is 10.2 Å². The highest BCUT2D eigenvalue weighted by atomic mass is 16.4. The van der Waals surface area contributed by atoms with E-state index >= 15 is 0 Å². The van der Waals surface area contributed by atoms with Gasteiger partial charge in [-0.15, -0.1) is 0 Å². The molecule has 0 saturated heterocycles. The second kappa shape index (κ2) is 4.61. The zero-order valence-electron chi connectivity index (χ0n) is 8.07. The monoisotopic (exact) mass is 186 g/mol. The maximum Gasteiger partial charge on any atom is 0.306 e. The minimum Gasteiger partial charge on any atom is -0.481 e. The summed E-state index contributed by atoms with van der Waals surface area (Å²) in [6.07, 6.45) is 4.18. The van der Waals surface area contributed by atoms with Gasteiger partial charge in [0, 0.05) is 6.61 Å². The summed E-state index contributed by atoms with van der Waals surface area (Å²) in [4.78, 5) is 10.8. The van der Waals surface area contributed by atoms with E-state index in [4.69, 9.17) is 10.2 Å². The van der Waals surface area contributed by atoms with Crippen LogP contribution in [0.4, 0.5) is 0 Å². The van der Waals surface area contributed by atoms with Crippen LogP contribution in [0.2, 0.25) is 0 Å². The summed E-state index contributed by atoms with van der Waals surface area (Å²) in [7, 11) is 0. The van der Waals surface area contributed by atoms with E-state index in [9.17, 15) is 4.79 Å². The van der Waals surface area contributed by atoms with Crippen molar-refractivity contribution < 1.29 is 15.0 Å². The third kappa shape index (κ3) is 2.44. The molecule has 3 unspecified atom stereocenters. The van der Waals surface area contributed by atoms with Crippen molar-refractivity contribution in [1.82, 2.24) is 0 Å². The first-order chi connectivity index (χ1) is 6.16. The average molecular weight is 186 g/mol. The lowest BCUT2D eigenvalue weighted by molar-refractivity contribution is -0.144. The van der Waals surface area contributed by atoms with E-state index in [1.54, 1.807) is 6.92 Å². The largest absolute Gasteiger partial charge is 0.481 e. The van der Waals surface area contributed by atoms with Crippen LogP contribution in [-0.4, -0.2) is 22.8 Å². The fourth-order valence-electron chi connectivity index (χ4n) is 2.30. The van der Waals surface area contributed by atoms with Gasteiger partial charge in [0.2, 0.25) is 0 Å². The number of aliphatic hydroxyl groups excluding tert-OH is 1. The number of carboxylic acids is 1. The van der Waals surface area contributed by atoms with Crippen molar-refractivity contribution in [3.63, 3.8) is 0 Å². The number of aliphatic hydroxyl groups is 1. The first kappa shape index (κ1) is 10.5. The van der Waals surface area contributed by atoms with E-state index in [1.807, 2.05) is 0 Å². The summed E-state index contributed by atoms with van der Waals surface area (Å²) in [6, 6.07) is 0. The van der Waals surface area contributed by atoms with E-state index in [-0.39, 0.29) is 24.4 Å². The molecule has 13 heavy (non-hydrogen) atoms. The highest BCUT2D eigenvalue weighted by molar-refractivity contribution is 5.69. The second-order valence-corrected chi connectivity index (χ2v) is 4.02. The normalized spacial score (nSPS) is 31.2. The van der Waals surface area contributed by atoms with Crippen LogP contribution in [0.15, 0.2) is 0 Å². The van der Waals surface area contributed by atoms with Crippen LogP contribution in [0.3, 0.4) is 0 Å². The average Bonchev–Trinajstić information content (AvgIpc) is 2.16. The van der Waals surface area contributed by atoms with Crippen molar-refractivity contribution in [3.8, 4) is 0 Å². The van der Waals surface area contributed by atoms with Crippen molar-refractivity contribution in [2.24, 2.45) is 17.8 Å². The third-order valence-electron chi connectivity index (χ3n) is 3.23. The smallest absolute Gasteiger partial charge is 0.306 e. The van der Waals surface area contributed by atoms with Crippen LogP contribution in [0.25, 0.3) is 0 Å². The van der Waals surface area contributed by atoms with Gasteiger partial charge in [-0.25, -0.2) is 0 Å². The first-order valence-corrected chi connectivity index (χ1v) is 5.00. The van der Waals surface area contributed by atoms with Crippen LogP contribution in [0.1, 0.15) is 32.6 Å². The standard InChI is InChI=1S/C10H18O3/c1-7(10(12)13)9-5-3-2-4-8(9)6-11/h7-9,11H,2-6H2,1H3,(H,12,13). The summed E-state index contributed by atoms with van der Waals surface area (Å²) in [6.45, 7) is 1.89. The summed E-state index contributed by atoms with van der Waals surface area (Å²) < 4.78 is 0. The number of rotatable bonds is 3. The molecule has 1 aliphatic carbocycles. The molecule has 76 valence electrons. The Bertz CT molecular complexity index is 179. The van der Waals surface area contributed by atoms with Gasteiger partial charge in [0.05, 0.1) is 5.92 Å². The van der Waals surface area contributed by atoms with Gasteiger partial charge in [0.15, 0.2) is 0 Å². The molecule has 2 N–H and O–H groups in total. The number of hydrogen-bond acceptors (Lipinski definition) is 2. The van der Waals surface area contributed by atoms with Gasteiger partial charge in [0.1, 0.15) is 0 Å². The number of aliphatic carboxylic acids is 1. The molecule has 1 saturated carbocycles. The lowest BCUT2D eigenvalue weighted by atomic mass is 9.73.